The topological polar surface area (TPSA) is 72.5 Å². The maximum atomic E-state index is 11.9. The molecular formula is C11H11BrF3NO3. The Morgan fingerprint density at radius 1 is 1.42 bits per heavy atom. The molecule has 19 heavy (non-hydrogen) atoms. The van der Waals surface area contributed by atoms with Gasteiger partial charge in [0.25, 0.3) is 0 Å². The highest BCUT2D eigenvalue weighted by Crippen LogP contribution is 2.31. The van der Waals surface area contributed by atoms with Crippen LogP contribution in [0.1, 0.15) is 23.2 Å². The molecule has 0 heterocycles. The Bertz CT molecular complexity index is 477. The van der Waals surface area contributed by atoms with Crippen LogP contribution in [-0.4, -0.2) is 23.9 Å². The molecule has 1 aromatic carbocycles. The van der Waals surface area contributed by atoms with E-state index in [4.69, 9.17) is 15.6 Å². The Morgan fingerprint density at radius 2 is 2.05 bits per heavy atom. The van der Waals surface area contributed by atoms with Gasteiger partial charge in [0.05, 0.1) is 16.6 Å². The van der Waals surface area contributed by atoms with Crippen LogP contribution in [0.25, 0.3) is 0 Å². The van der Waals surface area contributed by atoms with E-state index in [9.17, 15) is 18.0 Å². The SMILES string of the molecule is Nc1cc(Br)c(OCCCC(F)(F)F)cc1C(=O)O. The van der Waals surface area contributed by atoms with Crippen molar-refractivity contribution in [1.29, 1.82) is 0 Å². The average molecular weight is 342 g/mol. The summed E-state index contributed by atoms with van der Waals surface area (Å²) < 4.78 is 41.3. The van der Waals surface area contributed by atoms with Gasteiger partial charge in [-0.3, -0.25) is 0 Å². The fourth-order valence-corrected chi connectivity index (χ4v) is 1.79. The van der Waals surface area contributed by atoms with Crippen molar-refractivity contribution < 1.29 is 27.8 Å². The normalized spacial score (nSPS) is 11.4. The lowest BCUT2D eigenvalue weighted by molar-refractivity contribution is -0.136. The van der Waals surface area contributed by atoms with Crippen molar-refractivity contribution in [2.45, 2.75) is 19.0 Å². The van der Waals surface area contributed by atoms with Crippen LogP contribution in [0.4, 0.5) is 18.9 Å². The molecule has 0 fully saturated rings. The number of alkyl halides is 3. The van der Waals surface area contributed by atoms with Gasteiger partial charge in [0.1, 0.15) is 5.75 Å². The number of carbonyl (C=O) groups is 1. The van der Waals surface area contributed by atoms with E-state index in [-0.39, 0.29) is 30.0 Å². The molecule has 0 aliphatic heterocycles. The van der Waals surface area contributed by atoms with Crippen LogP contribution >= 0.6 is 15.9 Å². The van der Waals surface area contributed by atoms with E-state index < -0.39 is 18.6 Å². The van der Waals surface area contributed by atoms with Crippen LogP contribution in [0.3, 0.4) is 0 Å². The van der Waals surface area contributed by atoms with Gasteiger partial charge in [0.15, 0.2) is 0 Å². The van der Waals surface area contributed by atoms with Crippen molar-refractivity contribution in [1.82, 2.24) is 0 Å². The summed E-state index contributed by atoms with van der Waals surface area (Å²) in [6.07, 6.45) is -5.39. The van der Waals surface area contributed by atoms with Crippen molar-refractivity contribution in [3.63, 3.8) is 0 Å². The molecule has 1 aromatic rings. The lowest BCUT2D eigenvalue weighted by Crippen LogP contribution is -2.10. The molecule has 0 unspecified atom stereocenters. The minimum absolute atomic E-state index is 0.0435. The van der Waals surface area contributed by atoms with Crippen LogP contribution in [0.5, 0.6) is 5.75 Å². The van der Waals surface area contributed by atoms with E-state index >= 15 is 0 Å². The monoisotopic (exact) mass is 341 g/mol. The Balaban J connectivity index is 2.68. The first-order valence-electron chi connectivity index (χ1n) is 5.22. The van der Waals surface area contributed by atoms with Crippen molar-refractivity contribution in [3.05, 3.63) is 22.2 Å². The van der Waals surface area contributed by atoms with E-state index in [0.29, 0.717) is 4.47 Å². The largest absolute Gasteiger partial charge is 0.492 e. The first kappa shape index (κ1) is 15.6. The van der Waals surface area contributed by atoms with Crippen molar-refractivity contribution in [3.8, 4) is 5.75 Å². The lowest BCUT2D eigenvalue weighted by Gasteiger charge is -2.11. The Morgan fingerprint density at radius 3 is 2.58 bits per heavy atom. The molecule has 0 atom stereocenters. The predicted molar refractivity (Wildman–Crippen MR) is 66.3 cm³/mol. The predicted octanol–water partition coefficient (Wildman–Crippen LogP) is 3.45. The standard InChI is InChI=1S/C11H11BrF3NO3/c12-7-5-8(16)6(10(17)18)4-9(7)19-3-1-2-11(13,14)15/h4-5H,1-3,16H2,(H,17,18). The molecule has 0 spiro atoms. The molecule has 0 amide bonds. The molecular weight excluding hydrogens is 331 g/mol. The van der Waals surface area contributed by atoms with Gasteiger partial charge >= 0.3 is 12.1 Å². The second kappa shape index (κ2) is 6.14. The Hall–Kier alpha value is -1.44. The summed E-state index contributed by atoms with van der Waals surface area (Å²) in [4.78, 5) is 10.8. The number of carboxylic acid groups (broad SMARTS) is 1. The number of anilines is 1. The molecule has 0 bridgehead atoms. The van der Waals surface area contributed by atoms with Crippen molar-refractivity contribution in [2.24, 2.45) is 0 Å². The highest BCUT2D eigenvalue weighted by Gasteiger charge is 2.26. The van der Waals surface area contributed by atoms with Crippen LogP contribution in [0.2, 0.25) is 0 Å². The number of nitrogens with two attached hydrogens (primary N) is 1. The third-order valence-corrected chi connectivity index (χ3v) is 2.82. The molecule has 4 nitrogen and oxygen atoms in total. The molecule has 1 rings (SSSR count). The summed E-state index contributed by atoms with van der Waals surface area (Å²) in [5, 5.41) is 8.86. The molecule has 106 valence electrons. The minimum Gasteiger partial charge on any atom is -0.492 e. The maximum Gasteiger partial charge on any atom is 0.389 e. The number of aromatic carboxylic acids is 1. The van der Waals surface area contributed by atoms with Gasteiger partial charge < -0.3 is 15.6 Å². The molecule has 0 aromatic heterocycles. The summed E-state index contributed by atoms with van der Waals surface area (Å²) in [5.74, 6) is -1.08. The second-order valence-electron chi connectivity index (χ2n) is 3.74. The zero-order chi connectivity index (χ0) is 14.6. The number of carboxylic acids is 1. The van der Waals surface area contributed by atoms with E-state index in [1.807, 2.05) is 0 Å². The van der Waals surface area contributed by atoms with Crippen LogP contribution in [0.15, 0.2) is 16.6 Å². The van der Waals surface area contributed by atoms with Gasteiger partial charge in [-0.15, -0.1) is 0 Å². The average Bonchev–Trinajstić information content (AvgIpc) is 2.24. The number of rotatable bonds is 5. The smallest absolute Gasteiger partial charge is 0.389 e. The minimum atomic E-state index is -4.23. The molecule has 0 aliphatic rings. The lowest BCUT2D eigenvalue weighted by atomic mass is 10.2. The fourth-order valence-electron chi connectivity index (χ4n) is 1.32. The van der Waals surface area contributed by atoms with Crippen LogP contribution in [0, 0.1) is 0 Å². The molecule has 0 saturated carbocycles. The molecule has 0 saturated heterocycles. The third kappa shape index (κ3) is 4.98. The van der Waals surface area contributed by atoms with Gasteiger partial charge in [-0.1, -0.05) is 0 Å². The van der Waals surface area contributed by atoms with E-state index in [1.54, 1.807) is 0 Å². The number of hydrogen-bond acceptors (Lipinski definition) is 3. The summed E-state index contributed by atoms with van der Waals surface area (Å²) in [7, 11) is 0. The summed E-state index contributed by atoms with van der Waals surface area (Å²) in [5.41, 5.74) is 5.37. The van der Waals surface area contributed by atoms with Crippen molar-refractivity contribution in [2.75, 3.05) is 12.3 Å². The summed E-state index contributed by atoms with van der Waals surface area (Å²) >= 11 is 3.10. The molecule has 0 radical (unpaired) electrons. The van der Waals surface area contributed by atoms with Gasteiger partial charge in [-0.25, -0.2) is 4.79 Å². The third-order valence-electron chi connectivity index (χ3n) is 2.20. The summed E-state index contributed by atoms with van der Waals surface area (Å²) in [6.45, 7) is -0.166. The zero-order valence-corrected chi connectivity index (χ0v) is 11.2. The Labute approximate surface area is 115 Å². The highest BCUT2D eigenvalue weighted by atomic mass is 79.9. The van der Waals surface area contributed by atoms with Crippen molar-refractivity contribution >= 4 is 27.6 Å². The number of ether oxygens (including phenoxy) is 1. The quantitative estimate of drug-likeness (QED) is 0.635. The highest BCUT2D eigenvalue weighted by molar-refractivity contribution is 9.10. The first-order valence-corrected chi connectivity index (χ1v) is 6.02. The zero-order valence-electron chi connectivity index (χ0n) is 9.63. The number of halogens is 4. The molecule has 8 heteroatoms. The van der Waals surface area contributed by atoms with Crippen LogP contribution in [-0.2, 0) is 0 Å². The van der Waals surface area contributed by atoms with Gasteiger partial charge in [0, 0.05) is 12.1 Å². The number of benzene rings is 1. The fraction of sp³-hybridized carbons (Fsp3) is 0.364. The van der Waals surface area contributed by atoms with Crippen LogP contribution < -0.4 is 10.5 Å². The first-order chi connectivity index (χ1) is 8.70. The van der Waals surface area contributed by atoms with E-state index in [2.05, 4.69) is 15.9 Å². The molecule has 3 N–H and O–H groups in total. The Kier molecular flexibility index (Phi) is 5.04. The number of nitrogen functional groups attached to an aromatic ring is 1. The van der Waals surface area contributed by atoms with Gasteiger partial charge in [0.2, 0.25) is 0 Å². The number of hydrogen-bond donors (Lipinski definition) is 2. The van der Waals surface area contributed by atoms with Gasteiger partial charge in [-0.05, 0) is 34.5 Å². The molecule has 0 aliphatic carbocycles. The maximum absolute atomic E-state index is 11.9. The van der Waals surface area contributed by atoms with Gasteiger partial charge in [-0.2, -0.15) is 13.2 Å². The summed E-state index contributed by atoms with van der Waals surface area (Å²) in [6, 6.07) is 2.51. The second-order valence-corrected chi connectivity index (χ2v) is 4.60. The van der Waals surface area contributed by atoms with E-state index in [1.165, 1.54) is 12.1 Å². The van der Waals surface area contributed by atoms with E-state index in [0.717, 1.165) is 0 Å².